The molecule has 0 amide bonds. The van der Waals surface area contributed by atoms with Crippen molar-refractivity contribution in [1.82, 2.24) is 5.32 Å². The maximum Gasteiger partial charge on any atom is 0.0701 e. The smallest absolute Gasteiger partial charge is 0.0701 e. The molecule has 1 atom stereocenters. The largest absolute Gasteiger partial charge is 0.311 e. The zero-order chi connectivity index (χ0) is 9.31. The summed E-state index contributed by atoms with van der Waals surface area (Å²) in [5, 5.41) is 3.58. The highest BCUT2D eigenvalue weighted by atomic mass is 79.9. The van der Waals surface area contributed by atoms with Crippen LogP contribution in [0.15, 0.2) is 15.9 Å². The molecule has 2 rings (SSSR count). The van der Waals surface area contributed by atoms with E-state index < -0.39 is 0 Å². The number of halogens is 1. The fourth-order valence-corrected chi connectivity index (χ4v) is 3.61. The van der Waals surface area contributed by atoms with Crippen LogP contribution < -0.4 is 5.32 Å². The second-order valence-corrected chi connectivity index (χ2v) is 6.52. The summed E-state index contributed by atoms with van der Waals surface area (Å²) in [7, 11) is 0. The van der Waals surface area contributed by atoms with Gasteiger partial charge >= 0.3 is 0 Å². The Morgan fingerprint density at radius 1 is 1.62 bits per heavy atom. The van der Waals surface area contributed by atoms with Gasteiger partial charge in [0.2, 0.25) is 0 Å². The Bertz CT molecular complexity index is 289. The Morgan fingerprint density at radius 3 is 3.00 bits per heavy atom. The van der Waals surface area contributed by atoms with Gasteiger partial charge in [0.15, 0.2) is 0 Å². The molecule has 0 aliphatic carbocycles. The maximum atomic E-state index is 3.58. The minimum Gasteiger partial charge on any atom is -0.311 e. The quantitative estimate of drug-likeness (QED) is 0.861. The zero-order valence-corrected chi connectivity index (χ0v) is 10.2. The van der Waals surface area contributed by atoms with Crippen molar-refractivity contribution in [3.05, 3.63) is 20.8 Å². The van der Waals surface area contributed by atoms with Crippen LogP contribution in [-0.4, -0.2) is 12.1 Å². The summed E-state index contributed by atoms with van der Waals surface area (Å²) >= 11 is 5.35. The second-order valence-electron chi connectivity index (χ2n) is 3.97. The first-order chi connectivity index (χ1) is 6.18. The summed E-state index contributed by atoms with van der Waals surface area (Å²) in [5.41, 5.74) is 0.351. The molecule has 2 heterocycles. The van der Waals surface area contributed by atoms with Crippen LogP contribution in [0.3, 0.4) is 0 Å². The molecule has 1 saturated heterocycles. The molecule has 1 unspecified atom stereocenters. The molecular formula is C10H14BrNS. The van der Waals surface area contributed by atoms with Crippen LogP contribution in [0.1, 0.15) is 24.6 Å². The highest BCUT2D eigenvalue weighted by Crippen LogP contribution is 2.29. The monoisotopic (exact) mass is 259 g/mol. The van der Waals surface area contributed by atoms with Crippen molar-refractivity contribution in [2.45, 2.75) is 31.7 Å². The van der Waals surface area contributed by atoms with Crippen molar-refractivity contribution in [2.75, 3.05) is 6.54 Å². The average Bonchev–Trinajstić information content (AvgIpc) is 2.62. The Labute approximate surface area is 91.7 Å². The lowest BCUT2D eigenvalue weighted by Crippen LogP contribution is -2.38. The third-order valence-corrected chi connectivity index (χ3v) is 4.27. The van der Waals surface area contributed by atoms with Gasteiger partial charge in [-0.1, -0.05) is 0 Å². The molecule has 1 nitrogen and oxygen atoms in total. The topological polar surface area (TPSA) is 12.0 Å². The molecule has 1 aliphatic rings. The van der Waals surface area contributed by atoms with Crippen LogP contribution >= 0.6 is 27.3 Å². The molecule has 3 heteroatoms. The van der Waals surface area contributed by atoms with E-state index in [1.807, 2.05) is 11.3 Å². The Morgan fingerprint density at radius 2 is 2.46 bits per heavy atom. The first-order valence-electron chi connectivity index (χ1n) is 4.67. The molecule has 0 bridgehead atoms. The van der Waals surface area contributed by atoms with Gasteiger partial charge in [-0.2, -0.15) is 0 Å². The summed E-state index contributed by atoms with van der Waals surface area (Å²) in [6.07, 6.45) is 3.80. The van der Waals surface area contributed by atoms with E-state index in [0.717, 1.165) is 0 Å². The van der Waals surface area contributed by atoms with E-state index in [0.29, 0.717) is 5.54 Å². The SMILES string of the molecule is CC1(Cc2ccc(Br)s2)CCCN1. The normalized spacial score (nSPS) is 28.2. The van der Waals surface area contributed by atoms with E-state index in [1.165, 1.54) is 34.5 Å². The van der Waals surface area contributed by atoms with Crippen LogP contribution in [-0.2, 0) is 6.42 Å². The minimum absolute atomic E-state index is 0.351. The summed E-state index contributed by atoms with van der Waals surface area (Å²) < 4.78 is 1.24. The molecule has 13 heavy (non-hydrogen) atoms. The Kier molecular flexibility index (Phi) is 2.77. The first kappa shape index (κ1) is 9.69. The molecule has 0 aromatic carbocycles. The third-order valence-electron chi connectivity index (χ3n) is 2.65. The van der Waals surface area contributed by atoms with Gasteiger partial charge in [-0.15, -0.1) is 11.3 Å². The lowest BCUT2D eigenvalue weighted by molar-refractivity contribution is 0.415. The van der Waals surface area contributed by atoms with Gasteiger partial charge in [0, 0.05) is 10.4 Å². The molecule has 1 aromatic heterocycles. The molecule has 1 aliphatic heterocycles. The van der Waals surface area contributed by atoms with Crippen molar-refractivity contribution in [3.8, 4) is 0 Å². The van der Waals surface area contributed by atoms with Crippen LogP contribution in [0.2, 0.25) is 0 Å². The number of hydrogen-bond donors (Lipinski definition) is 1. The zero-order valence-electron chi connectivity index (χ0n) is 7.77. The van der Waals surface area contributed by atoms with Gasteiger partial charge < -0.3 is 5.32 Å². The van der Waals surface area contributed by atoms with Crippen LogP contribution in [0.5, 0.6) is 0 Å². The first-order valence-corrected chi connectivity index (χ1v) is 6.28. The fraction of sp³-hybridized carbons (Fsp3) is 0.600. The fourth-order valence-electron chi connectivity index (χ4n) is 1.94. The summed E-state index contributed by atoms with van der Waals surface area (Å²) in [5.74, 6) is 0. The molecule has 72 valence electrons. The standard InChI is InChI=1S/C10H14BrNS/c1-10(5-2-6-12-10)7-8-3-4-9(11)13-8/h3-4,12H,2,5-7H2,1H3. The van der Waals surface area contributed by atoms with Crippen LogP contribution in [0, 0.1) is 0 Å². The number of rotatable bonds is 2. The van der Waals surface area contributed by atoms with Gasteiger partial charge in [0.25, 0.3) is 0 Å². The molecule has 0 radical (unpaired) electrons. The van der Waals surface area contributed by atoms with E-state index in [1.54, 1.807) is 0 Å². The van der Waals surface area contributed by atoms with E-state index in [4.69, 9.17) is 0 Å². The van der Waals surface area contributed by atoms with E-state index in [2.05, 4.69) is 40.3 Å². The summed E-state index contributed by atoms with van der Waals surface area (Å²) in [6.45, 7) is 3.51. The summed E-state index contributed by atoms with van der Waals surface area (Å²) in [6, 6.07) is 4.36. The van der Waals surface area contributed by atoms with Crippen LogP contribution in [0.4, 0.5) is 0 Å². The van der Waals surface area contributed by atoms with Crippen LogP contribution in [0.25, 0.3) is 0 Å². The number of thiophene rings is 1. The van der Waals surface area contributed by atoms with Gasteiger partial charge in [-0.05, 0) is 60.8 Å². The van der Waals surface area contributed by atoms with Crippen molar-refractivity contribution in [2.24, 2.45) is 0 Å². The summed E-state index contributed by atoms with van der Waals surface area (Å²) in [4.78, 5) is 1.48. The highest BCUT2D eigenvalue weighted by molar-refractivity contribution is 9.11. The lowest BCUT2D eigenvalue weighted by atomic mass is 9.95. The van der Waals surface area contributed by atoms with Crippen molar-refractivity contribution in [1.29, 1.82) is 0 Å². The molecule has 0 saturated carbocycles. The van der Waals surface area contributed by atoms with E-state index >= 15 is 0 Å². The highest BCUT2D eigenvalue weighted by Gasteiger charge is 2.28. The predicted octanol–water partition coefficient (Wildman–Crippen LogP) is 3.20. The van der Waals surface area contributed by atoms with Gasteiger partial charge in [-0.3, -0.25) is 0 Å². The van der Waals surface area contributed by atoms with Crippen molar-refractivity contribution in [3.63, 3.8) is 0 Å². The maximum absolute atomic E-state index is 3.58. The predicted molar refractivity (Wildman–Crippen MR) is 61.4 cm³/mol. The number of nitrogens with one attached hydrogen (secondary N) is 1. The Balaban J connectivity index is 2.04. The molecule has 0 spiro atoms. The average molecular weight is 260 g/mol. The van der Waals surface area contributed by atoms with Gasteiger partial charge in [0.05, 0.1) is 3.79 Å². The lowest BCUT2D eigenvalue weighted by Gasteiger charge is -2.23. The Hall–Kier alpha value is 0.140. The van der Waals surface area contributed by atoms with Gasteiger partial charge in [0.1, 0.15) is 0 Å². The van der Waals surface area contributed by atoms with E-state index in [9.17, 15) is 0 Å². The molecule has 1 aromatic rings. The number of hydrogen-bond acceptors (Lipinski definition) is 2. The van der Waals surface area contributed by atoms with Gasteiger partial charge in [-0.25, -0.2) is 0 Å². The van der Waals surface area contributed by atoms with Crippen molar-refractivity contribution >= 4 is 27.3 Å². The van der Waals surface area contributed by atoms with Crippen molar-refractivity contribution < 1.29 is 0 Å². The molecular weight excluding hydrogens is 246 g/mol. The second kappa shape index (κ2) is 3.71. The minimum atomic E-state index is 0.351. The molecule has 1 N–H and O–H groups in total. The molecule has 1 fully saturated rings. The van der Waals surface area contributed by atoms with E-state index in [-0.39, 0.29) is 0 Å². The third kappa shape index (κ3) is 2.33.